The number of hydrogen-bond acceptors (Lipinski definition) is 3. The number of nitrogens with zero attached hydrogens (tertiary/aromatic N) is 2. The molecule has 0 saturated heterocycles. The predicted octanol–water partition coefficient (Wildman–Crippen LogP) is 3.30. The minimum atomic E-state index is 0.177. The van der Waals surface area contributed by atoms with Crippen LogP contribution in [-0.4, -0.2) is 22.7 Å². The highest BCUT2D eigenvalue weighted by Gasteiger charge is 2.16. The number of ether oxygens (including phenoxy) is 1. The van der Waals surface area contributed by atoms with Crippen molar-refractivity contribution in [1.82, 2.24) is 9.55 Å². The second-order valence-electron chi connectivity index (χ2n) is 5.60. The summed E-state index contributed by atoms with van der Waals surface area (Å²) >= 11 is 0. The maximum atomic E-state index is 6.19. The molecule has 0 aliphatic heterocycles. The van der Waals surface area contributed by atoms with Crippen molar-refractivity contribution in [3.63, 3.8) is 0 Å². The van der Waals surface area contributed by atoms with Crippen LogP contribution in [0.4, 0.5) is 0 Å². The fraction of sp³-hybridized carbons (Fsp3) is 0.562. The first-order valence-electron chi connectivity index (χ1n) is 7.37. The first-order valence-corrected chi connectivity index (χ1v) is 7.37. The first kappa shape index (κ1) is 14.9. The van der Waals surface area contributed by atoms with Crippen LogP contribution < -0.4 is 10.5 Å². The molecule has 20 heavy (non-hydrogen) atoms. The monoisotopic (exact) mass is 275 g/mol. The van der Waals surface area contributed by atoms with E-state index in [4.69, 9.17) is 15.5 Å². The lowest BCUT2D eigenvalue weighted by molar-refractivity contribution is 0.415. The molecule has 110 valence electrons. The zero-order valence-corrected chi connectivity index (χ0v) is 12.9. The highest BCUT2D eigenvalue weighted by atomic mass is 16.5. The first-order chi connectivity index (χ1) is 9.56. The lowest BCUT2D eigenvalue weighted by Gasteiger charge is -2.15. The maximum absolute atomic E-state index is 6.19. The molecular weight excluding hydrogens is 250 g/mol. The number of imidazole rings is 1. The van der Waals surface area contributed by atoms with Gasteiger partial charge in [0.05, 0.1) is 18.1 Å². The molecule has 2 aromatic rings. The molecule has 0 fully saturated rings. The Labute approximate surface area is 120 Å². The molecule has 2 N–H and O–H groups in total. The van der Waals surface area contributed by atoms with E-state index < -0.39 is 0 Å². The van der Waals surface area contributed by atoms with Crippen molar-refractivity contribution >= 4 is 11.0 Å². The fourth-order valence-corrected chi connectivity index (χ4v) is 2.68. The molecule has 0 amide bonds. The molecule has 0 aliphatic rings. The lowest BCUT2D eigenvalue weighted by Crippen LogP contribution is -2.24. The van der Waals surface area contributed by atoms with Crippen molar-refractivity contribution in [2.45, 2.75) is 52.1 Å². The van der Waals surface area contributed by atoms with Gasteiger partial charge in [0.1, 0.15) is 11.6 Å². The van der Waals surface area contributed by atoms with E-state index in [1.807, 2.05) is 12.1 Å². The third-order valence-corrected chi connectivity index (χ3v) is 3.59. The van der Waals surface area contributed by atoms with Gasteiger partial charge in [0.25, 0.3) is 0 Å². The zero-order chi connectivity index (χ0) is 14.7. The second kappa shape index (κ2) is 6.27. The topological polar surface area (TPSA) is 53.1 Å². The molecule has 1 heterocycles. The van der Waals surface area contributed by atoms with Gasteiger partial charge < -0.3 is 15.0 Å². The highest BCUT2D eigenvalue weighted by molar-refractivity contribution is 5.78. The molecule has 0 bridgehead atoms. The van der Waals surface area contributed by atoms with Crippen molar-refractivity contribution < 1.29 is 4.74 Å². The Balaban J connectivity index is 2.44. The smallest absolute Gasteiger partial charge is 0.121 e. The number of fused-ring (bicyclic) bond motifs is 1. The standard InChI is InChI=1S/C16H25N3O/c1-5-6-12(17)9-16-18-14-10-13(20-4)7-8-15(14)19(16)11(2)3/h7-8,10-12H,5-6,9,17H2,1-4H3. The van der Waals surface area contributed by atoms with E-state index >= 15 is 0 Å². The Bertz CT molecular complexity index is 574. The van der Waals surface area contributed by atoms with Crippen LogP contribution in [0.5, 0.6) is 5.75 Å². The van der Waals surface area contributed by atoms with E-state index in [1.165, 1.54) is 0 Å². The van der Waals surface area contributed by atoms with Crippen LogP contribution in [0.1, 0.15) is 45.5 Å². The van der Waals surface area contributed by atoms with Gasteiger partial charge in [0.2, 0.25) is 0 Å². The van der Waals surface area contributed by atoms with Gasteiger partial charge in [-0.1, -0.05) is 13.3 Å². The van der Waals surface area contributed by atoms with Crippen LogP contribution in [0.3, 0.4) is 0 Å². The number of hydrogen-bond donors (Lipinski definition) is 1. The van der Waals surface area contributed by atoms with Gasteiger partial charge in [-0.3, -0.25) is 0 Å². The summed E-state index contributed by atoms with van der Waals surface area (Å²) < 4.78 is 7.56. The Morgan fingerprint density at radius 1 is 1.35 bits per heavy atom. The van der Waals surface area contributed by atoms with Gasteiger partial charge in [-0.25, -0.2) is 4.98 Å². The number of benzene rings is 1. The maximum Gasteiger partial charge on any atom is 0.121 e. The molecular formula is C16H25N3O. The van der Waals surface area contributed by atoms with Gasteiger partial charge >= 0.3 is 0 Å². The Hall–Kier alpha value is -1.55. The molecule has 1 aromatic heterocycles. The van der Waals surface area contributed by atoms with Crippen molar-refractivity contribution in [2.24, 2.45) is 5.73 Å². The quantitative estimate of drug-likeness (QED) is 0.880. The summed E-state index contributed by atoms with van der Waals surface area (Å²) in [5.74, 6) is 1.92. The average molecular weight is 275 g/mol. The summed E-state index contributed by atoms with van der Waals surface area (Å²) in [7, 11) is 1.68. The molecule has 0 spiro atoms. The minimum absolute atomic E-state index is 0.177. The average Bonchev–Trinajstić information content (AvgIpc) is 2.75. The van der Waals surface area contributed by atoms with Crippen LogP contribution in [-0.2, 0) is 6.42 Å². The molecule has 4 nitrogen and oxygen atoms in total. The Kier molecular flexibility index (Phi) is 4.65. The van der Waals surface area contributed by atoms with Gasteiger partial charge in [0.15, 0.2) is 0 Å². The fourth-order valence-electron chi connectivity index (χ4n) is 2.68. The molecule has 1 atom stereocenters. The molecule has 1 aromatic carbocycles. The summed E-state index contributed by atoms with van der Waals surface area (Å²) in [6, 6.07) is 6.60. The molecule has 4 heteroatoms. The van der Waals surface area contributed by atoms with Crippen LogP contribution in [0.25, 0.3) is 11.0 Å². The minimum Gasteiger partial charge on any atom is -0.497 e. The molecule has 0 aliphatic carbocycles. The summed E-state index contributed by atoms with van der Waals surface area (Å²) in [6.07, 6.45) is 2.96. The SMILES string of the molecule is CCCC(N)Cc1nc2cc(OC)ccc2n1C(C)C. The molecule has 2 rings (SSSR count). The van der Waals surface area contributed by atoms with E-state index in [2.05, 4.69) is 31.4 Å². The summed E-state index contributed by atoms with van der Waals surface area (Å²) in [5, 5.41) is 0. The third-order valence-electron chi connectivity index (χ3n) is 3.59. The van der Waals surface area contributed by atoms with E-state index in [0.717, 1.165) is 41.9 Å². The number of aromatic nitrogens is 2. The molecule has 0 saturated carbocycles. The largest absolute Gasteiger partial charge is 0.497 e. The summed E-state index contributed by atoms with van der Waals surface area (Å²) in [5.41, 5.74) is 8.32. The van der Waals surface area contributed by atoms with Gasteiger partial charge in [-0.15, -0.1) is 0 Å². The van der Waals surface area contributed by atoms with Crippen molar-refractivity contribution in [2.75, 3.05) is 7.11 Å². The van der Waals surface area contributed by atoms with Crippen molar-refractivity contribution in [1.29, 1.82) is 0 Å². The van der Waals surface area contributed by atoms with Gasteiger partial charge in [-0.05, 0) is 32.4 Å². The second-order valence-corrected chi connectivity index (χ2v) is 5.60. The van der Waals surface area contributed by atoms with Crippen LogP contribution in [0.2, 0.25) is 0 Å². The van der Waals surface area contributed by atoms with Crippen molar-refractivity contribution in [3.8, 4) is 5.75 Å². The van der Waals surface area contributed by atoms with E-state index in [-0.39, 0.29) is 6.04 Å². The number of methoxy groups -OCH3 is 1. The highest BCUT2D eigenvalue weighted by Crippen LogP contribution is 2.25. The lowest BCUT2D eigenvalue weighted by atomic mass is 10.1. The van der Waals surface area contributed by atoms with E-state index in [1.54, 1.807) is 7.11 Å². The predicted molar refractivity (Wildman–Crippen MR) is 83.3 cm³/mol. The normalized spacial score (nSPS) is 13.1. The molecule has 1 unspecified atom stereocenters. The van der Waals surface area contributed by atoms with Gasteiger partial charge in [0, 0.05) is 24.6 Å². The van der Waals surface area contributed by atoms with Crippen LogP contribution >= 0.6 is 0 Å². The Morgan fingerprint density at radius 2 is 2.10 bits per heavy atom. The third kappa shape index (κ3) is 2.96. The van der Waals surface area contributed by atoms with Crippen molar-refractivity contribution in [3.05, 3.63) is 24.0 Å². The zero-order valence-electron chi connectivity index (χ0n) is 12.9. The van der Waals surface area contributed by atoms with E-state index in [9.17, 15) is 0 Å². The van der Waals surface area contributed by atoms with Crippen LogP contribution in [0.15, 0.2) is 18.2 Å². The molecule has 0 radical (unpaired) electrons. The van der Waals surface area contributed by atoms with E-state index in [0.29, 0.717) is 6.04 Å². The summed E-state index contributed by atoms with van der Waals surface area (Å²) in [4.78, 5) is 4.77. The number of nitrogens with two attached hydrogens (primary N) is 1. The Morgan fingerprint density at radius 3 is 2.70 bits per heavy atom. The van der Waals surface area contributed by atoms with Gasteiger partial charge in [-0.2, -0.15) is 0 Å². The number of rotatable bonds is 6. The van der Waals surface area contributed by atoms with Crippen LogP contribution in [0, 0.1) is 0 Å². The summed E-state index contributed by atoms with van der Waals surface area (Å²) in [6.45, 7) is 6.52.